The molecule has 0 saturated heterocycles. The van der Waals surface area contributed by atoms with Crippen LogP contribution in [0.1, 0.15) is 39.7 Å². The summed E-state index contributed by atoms with van der Waals surface area (Å²) in [7, 11) is 4.24. The van der Waals surface area contributed by atoms with Crippen LogP contribution in [0.3, 0.4) is 0 Å². The van der Waals surface area contributed by atoms with E-state index in [9.17, 15) is 29.0 Å². The lowest BCUT2D eigenvalue weighted by atomic mass is 9.87. The van der Waals surface area contributed by atoms with Gasteiger partial charge in [-0.3, -0.25) is 10.1 Å². The highest BCUT2D eigenvalue weighted by Crippen LogP contribution is 2.43. The maximum atomic E-state index is 13.2. The monoisotopic (exact) mass is 651 g/mol. The molecule has 6 N–H and O–H groups in total. The number of amides is 3. The van der Waals surface area contributed by atoms with Crippen molar-refractivity contribution in [3.05, 3.63) is 47.1 Å². The molecule has 0 saturated carbocycles. The first-order valence-corrected chi connectivity index (χ1v) is 14.7. The number of carbonyl (C=O) groups is 3. The number of ether oxygens (including phenoxy) is 5. The number of carbonyl (C=O) groups excluding carboxylic acids is 3. The van der Waals surface area contributed by atoms with Crippen molar-refractivity contribution < 1.29 is 52.7 Å². The Morgan fingerprint density at radius 1 is 1.17 bits per heavy atom. The van der Waals surface area contributed by atoms with Gasteiger partial charge in [0.1, 0.15) is 30.9 Å². The summed E-state index contributed by atoms with van der Waals surface area (Å²) in [6, 6.07) is 1.30. The number of rotatable bonds is 7. The number of benzene rings is 1. The van der Waals surface area contributed by atoms with Crippen molar-refractivity contribution in [2.24, 2.45) is 17.6 Å². The van der Waals surface area contributed by atoms with Crippen LogP contribution in [0, 0.1) is 11.8 Å². The third-order valence-corrected chi connectivity index (χ3v) is 7.55. The van der Waals surface area contributed by atoms with Crippen LogP contribution >= 0.6 is 0 Å². The number of primary amides is 1. The number of anilines is 2. The van der Waals surface area contributed by atoms with Gasteiger partial charge in [-0.15, -0.1) is 0 Å². The van der Waals surface area contributed by atoms with Gasteiger partial charge in [0.25, 0.3) is 5.91 Å². The topological polar surface area (TPSA) is 188 Å². The molecule has 14 heteroatoms. The average Bonchev–Trinajstić information content (AvgIpc) is 3.01. The summed E-state index contributed by atoms with van der Waals surface area (Å²) in [5, 5.41) is 27.8. The fourth-order valence-corrected chi connectivity index (χ4v) is 5.20. The largest absolute Gasteiger partial charge is 0.505 e. The van der Waals surface area contributed by atoms with E-state index < -0.39 is 61.7 Å². The summed E-state index contributed by atoms with van der Waals surface area (Å²) in [4.78, 5) is 37.3. The van der Waals surface area contributed by atoms with Crippen molar-refractivity contribution in [3.63, 3.8) is 0 Å². The van der Waals surface area contributed by atoms with Crippen molar-refractivity contribution in [1.29, 1.82) is 0 Å². The predicted molar refractivity (Wildman–Crippen MR) is 170 cm³/mol. The number of nitrogens with two attached hydrogens (primary N) is 1. The van der Waals surface area contributed by atoms with Crippen LogP contribution in [0.25, 0.3) is 0 Å². The number of methoxy groups -OCH3 is 3. The molecule has 0 aliphatic carbocycles. The van der Waals surface area contributed by atoms with Crippen LogP contribution < -0.4 is 21.1 Å². The lowest BCUT2D eigenvalue weighted by Crippen LogP contribution is -2.37. The van der Waals surface area contributed by atoms with Crippen molar-refractivity contribution in [2.45, 2.75) is 65.0 Å². The Morgan fingerprint density at radius 3 is 2.46 bits per heavy atom. The number of hydrogen-bond acceptors (Lipinski definition) is 10. The Balaban J connectivity index is 2.71. The molecule has 46 heavy (non-hydrogen) atoms. The summed E-state index contributed by atoms with van der Waals surface area (Å²) in [5.74, 6) is -1.49. The lowest BCUT2D eigenvalue weighted by Gasteiger charge is -2.29. The number of hydrogen-bond donors (Lipinski definition) is 5. The molecular formula is C32H46FN3O10. The Labute approximate surface area is 268 Å². The summed E-state index contributed by atoms with van der Waals surface area (Å²) in [6.07, 6.45) is 1.45. The van der Waals surface area contributed by atoms with Crippen molar-refractivity contribution in [2.75, 3.05) is 45.2 Å². The second kappa shape index (κ2) is 18.1. The molecule has 0 fully saturated rings. The molecule has 0 radical (unpaired) electrons. The van der Waals surface area contributed by atoms with E-state index in [2.05, 4.69) is 10.6 Å². The molecule has 1 aromatic rings. The highest BCUT2D eigenvalue weighted by atomic mass is 19.1. The van der Waals surface area contributed by atoms with Gasteiger partial charge < -0.3 is 44.9 Å². The average molecular weight is 652 g/mol. The van der Waals surface area contributed by atoms with E-state index in [1.165, 1.54) is 46.5 Å². The first-order chi connectivity index (χ1) is 21.8. The Hall–Kier alpha value is -4.14. The van der Waals surface area contributed by atoms with Gasteiger partial charge in [-0.2, -0.15) is 0 Å². The van der Waals surface area contributed by atoms with E-state index >= 15 is 0 Å². The minimum atomic E-state index is -1.02. The summed E-state index contributed by atoms with van der Waals surface area (Å²) >= 11 is 0. The maximum absolute atomic E-state index is 13.2. The van der Waals surface area contributed by atoms with E-state index in [1.807, 2.05) is 6.92 Å². The van der Waals surface area contributed by atoms with E-state index in [0.29, 0.717) is 12.0 Å². The number of aliphatic hydroxyl groups excluding tert-OH is 1. The molecule has 1 aliphatic heterocycles. The standard InChI is InChI=1S/C32H46FN3O10/c1-17-13-21-27(38)22(16-23(29(21)44-7)36-32(41)45-12-11-33)35-30(39)18(2)9-8-10-24(42-5)28(46-31(34)40)20(4)15-19(3)26(37)25(14-17)43-6/h8-10,15-17,19,24-26,28,37-38H,11-14H2,1-7H3,(H2,34,40)(H,35,39)(H,36,41)/b10-8-,18-9+,20-15+/t17-,19+,24+,25+,26-,28+/m1/s1. The van der Waals surface area contributed by atoms with Gasteiger partial charge in [0.05, 0.1) is 30.7 Å². The van der Waals surface area contributed by atoms with Gasteiger partial charge in [-0.05, 0) is 44.2 Å². The molecule has 3 amide bonds. The zero-order valence-corrected chi connectivity index (χ0v) is 27.3. The minimum absolute atomic E-state index is 0.0371. The van der Waals surface area contributed by atoms with Gasteiger partial charge in [0.15, 0.2) is 6.10 Å². The summed E-state index contributed by atoms with van der Waals surface area (Å²) < 4.78 is 39.6. The number of alkyl halides is 1. The van der Waals surface area contributed by atoms with Crippen molar-refractivity contribution in [1.82, 2.24) is 0 Å². The van der Waals surface area contributed by atoms with Crippen LogP contribution in [0.5, 0.6) is 11.5 Å². The van der Waals surface area contributed by atoms with Crippen LogP contribution in [0.4, 0.5) is 25.4 Å². The van der Waals surface area contributed by atoms with E-state index in [1.54, 1.807) is 26.0 Å². The highest BCUT2D eigenvalue weighted by Gasteiger charge is 2.30. The van der Waals surface area contributed by atoms with Crippen LogP contribution in [0.15, 0.2) is 41.5 Å². The van der Waals surface area contributed by atoms with Gasteiger partial charge in [0.2, 0.25) is 0 Å². The molecule has 256 valence electrons. The molecule has 2 rings (SSSR count). The molecule has 0 unspecified atom stereocenters. The van der Waals surface area contributed by atoms with E-state index in [-0.39, 0.29) is 46.3 Å². The van der Waals surface area contributed by atoms with Gasteiger partial charge in [-0.25, -0.2) is 14.0 Å². The summed E-state index contributed by atoms with van der Waals surface area (Å²) in [6.45, 7) is 5.57. The first-order valence-electron chi connectivity index (χ1n) is 14.7. The first kappa shape index (κ1) is 38.0. The molecule has 6 atom stereocenters. The molecular weight excluding hydrogens is 605 g/mol. The number of allylic oxidation sites excluding steroid dienone is 2. The van der Waals surface area contributed by atoms with Gasteiger partial charge >= 0.3 is 12.2 Å². The third-order valence-electron chi connectivity index (χ3n) is 7.55. The van der Waals surface area contributed by atoms with Crippen molar-refractivity contribution in [3.8, 4) is 11.5 Å². The lowest BCUT2D eigenvalue weighted by molar-refractivity contribution is -0.112. The number of halogens is 1. The van der Waals surface area contributed by atoms with Gasteiger partial charge in [0, 0.05) is 31.3 Å². The van der Waals surface area contributed by atoms with Crippen molar-refractivity contribution >= 4 is 29.5 Å². The fourth-order valence-electron chi connectivity index (χ4n) is 5.20. The number of nitrogens with one attached hydrogen (secondary N) is 2. The quantitative estimate of drug-likeness (QED) is 0.161. The Morgan fingerprint density at radius 2 is 1.87 bits per heavy atom. The smallest absolute Gasteiger partial charge is 0.411 e. The number of aliphatic hydroxyl groups is 1. The third kappa shape index (κ3) is 10.5. The SMILES string of the molecule is COc1c(NC(=O)OCCF)cc2c(O)c1C[C@@H](C)C[C@H](OC)[C@H](O)[C@@H](C)/C=C(\C)[C@H](OC(N)=O)[C@@H](OC)/C=C\C=C(/C)C(=O)N2. The van der Waals surface area contributed by atoms with E-state index in [0.717, 1.165) is 0 Å². The predicted octanol–water partition coefficient (Wildman–Crippen LogP) is 4.38. The highest BCUT2D eigenvalue weighted by molar-refractivity contribution is 6.05. The van der Waals surface area contributed by atoms with Crippen LogP contribution in [0.2, 0.25) is 0 Å². The summed E-state index contributed by atoms with van der Waals surface area (Å²) in [5.41, 5.74) is 6.43. The molecule has 2 bridgehead atoms. The van der Waals surface area contributed by atoms with Crippen LogP contribution in [-0.4, -0.2) is 87.3 Å². The molecule has 1 aromatic carbocycles. The number of aromatic hydroxyl groups is 1. The second-order valence-corrected chi connectivity index (χ2v) is 11.1. The zero-order valence-electron chi connectivity index (χ0n) is 27.3. The Bertz CT molecular complexity index is 1320. The van der Waals surface area contributed by atoms with E-state index in [4.69, 9.17) is 29.4 Å². The molecule has 0 aromatic heterocycles. The molecule has 1 heterocycles. The Kier molecular flexibility index (Phi) is 15.0. The minimum Gasteiger partial charge on any atom is -0.505 e. The number of phenolic OH excluding ortho intramolecular Hbond substituents is 1. The normalized spacial score (nSPS) is 27.6. The molecule has 13 nitrogen and oxygen atoms in total. The molecule has 0 spiro atoms. The van der Waals surface area contributed by atoms with Crippen LogP contribution in [-0.2, 0) is 30.2 Å². The maximum Gasteiger partial charge on any atom is 0.411 e. The number of fused-ring (bicyclic) bond motifs is 2. The second-order valence-electron chi connectivity index (χ2n) is 11.1. The fraction of sp³-hybridized carbons (Fsp3) is 0.531. The number of phenols is 1. The van der Waals surface area contributed by atoms with Gasteiger partial charge in [-0.1, -0.05) is 38.2 Å². The zero-order chi connectivity index (χ0) is 34.6. The molecule has 1 aliphatic rings.